The molecule has 0 aromatic rings. The van der Waals surface area contributed by atoms with Crippen molar-refractivity contribution in [3.8, 4) is 0 Å². The van der Waals surface area contributed by atoms with Crippen molar-refractivity contribution in [3.63, 3.8) is 0 Å². The third-order valence-electron chi connectivity index (χ3n) is 2.51. The highest BCUT2D eigenvalue weighted by Crippen LogP contribution is 2.29. The first-order valence-corrected chi connectivity index (χ1v) is 6.32. The van der Waals surface area contributed by atoms with Gasteiger partial charge in [-0.15, -0.1) is 0 Å². The normalized spacial score (nSPS) is 30.7. The van der Waals surface area contributed by atoms with Crippen LogP contribution in [-0.4, -0.2) is 34.8 Å². The van der Waals surface area contributed by atoms with Crippen molar-refractivity contribution < 1.29 is 5.11 Å². The third kappa shape index (κ3) is 3.88. The second-order valence-electron chi connectivity index (χ2n) is 3.79. The van der Waals surface area contributed by atoms with Crippen LogP contribution in [0.15, 0.2) is 0 Å². The van der Waals surface area contributed by atoms with Gasteiger partial charge in [-0.1, -0.05) is 13.3 Å². The Morgan fingerprint density at radius 1 is 1.54 bits per heavy atom. The summed E-state index contributed by atoms with van der Waals surface area (Å²) >= 11 is 2.05. The predicted octanol–water partition coefficient (Wildman–Crippen LogP) is 1.63. The lowest BCUT2D eigenvalue weighted by atomic mass is 10.2. The molecule has 0 bridgehead atoms. The molecule has 0 saturated heterocycles. The molecular weight excluding hydrogens is 182 g/mol. The summed E-state index contributed by atoms with van der Waals surface area (Å²) in [5.41, 5.74) is 0. The summed E-state index contributed by atoms with van der Waals surface area (Å²) in [5.74, 6) is 1.21. The molecule has 0 aromatic carbocycles. The largest absolute Gasteiger partial charge is 0.392 e. The topological polar surface area (TPSA) is 32.3 Å². The molecule has 3 heteroatoms. The molecule has 1 fully saturated rings. The van der Waals surface area contributed by atoms with Crippen LogP contribution >= 0.6 is 11.8 Å². The van der Waals surface area contributed by atoms with Gasteiger partial charge in [0.2, 0.25) is 0 Å². The zero-order valence-corrected chi connectivity index (χ0v) is 9.44. The van der Waals surface area contributed by atoms with E-state index in [0.717, 1.165) is 11.8 Å². The van der Waals surface area contributed by atoms with Crippen LogP contribution in [0.25, 0.3) is 0 Å². The summed E-state index contributed by atoms with van der Waals surface area (Å²) in [7, 11) is 0. The van der Waals surface area contributed by atoms with E-state index in [2.05, 4.69) is 24.0 Å². The molecule has 2 N–H and O–H groups in total. The van der Waals surface area contributed by atoms with Crippen molar-refractivity contribution in [2.45, 2.75) is 50.5 Å². The Labute approximate surface area is 85.5 Å². The monoisotopic (exact) mass is 203 g/mol. The minimum Gasteiger partial charge on any atom is -0.392 e. The van der Waals surface area contributed by atoms with Crippen LogP contribution in [0.2, 0.25) is 0 Å². The molecule has 0 aliphatic heterocycles. The second-order valence-corrected chi connectivity index (χ2v) is 5.30. The summed E-state index contributed by atoms with van der Waals surface area (Å²) in [6.07, 6.45) is 3.75. The van der Waals surface area contributed by atoms with Crippen LogP contribution in [-0.2, 0) is 0 Å². The summed E-state index contributed by atoms with van der Waals surface area (Å²) in [4.78, 5) is 0. The van der Waals surface area contributed by atoms with Gasteiger partial charge in [-0.2, -0.15) is 11.8 Å². The number of aliphatic hydroxyl groups excluding tert-OH is 1. The molecule has 3 unspecified atom stereocenters. The maximum atomic E-state index is 9.16. The minimum absolute atomic E-state index is 0.215. The van der Waals surface area contributed by atoms with Crippen LogP contribution in [0.4, 0.5) is 0 Å². The highest BCUT2D eigenvalue weighted by molar-refractivity contribution is 7.99. The molecule has 3 atom stereocenters. The van der Waals surface area contributed by atoms with E-state index in [4.69, 9.17) is 5.11 Å². The molecular formula is C10H21NOS. The van der Waals surface area contributed by atoms with Crippen molar-refractivity contribution in [3.05, 3.63) is 0 Å². The summed E-state index contributed by atoms with van der Waals surface area (Å²) in [6, 6.07) is 0.638. The standard InChI is InChI=1S/C10H21NOS/c1-3-13-10-6-4-5-9(10)11-7-8(2)12/h8-12H,3-7H2,1-2H3. The predicted molar refractivity (Wildman–Crippen MR) is 59.2 cm³/mol. The lowest BCUT2D eigenvalue weighted by Crippen LogP contribution is -2.38. The highest BCUT2D eigenvalue weighted by Gasteiger charge is 2.26. The molecule has 0 radical (unpaired) electrons. The van der Waals surface area contributed by atoms with Gasteiger partial charge in [-0.05, 0) is 25.5 Å². The van der Waals surface area contributed by atoms with E-state index in [1.165, 1.54) is 25.0 Å². The van der Waals surface area contributed by atoms with Crippen molar-refractivity contribution in [2.24, 2.45) is 0 Å². The number of rotatable bonds is 5. The van der Waals surface area contributed by atoms with Gasteiger partial charge in [0, 0.05) is 17.8 Å². The molecule has 0 amide bonds. The van der Waals surface area contributed by atoms with Crippen LogP contribution in [0.5, 0.6) is 0 Å². The Morgan fingerprint density at radius 2 is 2.31 bits per heavy atom. The van der Waals surface area contributed by atoms with Crippen LogP contribution in [0.3, 0.4) is 0 Å². The van der Waals surface area contributed by atoms with Gasteiger partial charge in [0.25, 0.3) is 0 Å². The Hall–Kier alpha value is 0.270. The van der Waals surface area contributed by atoms with Crippen LogP contribution < -0.4 is 5.32 Å². The zero-order chi connectivity index (χ0) is 9.68. The first-order valence-electron chi connectivity index (χ1n) is 5.27. The van der Waals surface area contributed by atoms with Gasteiger partial charge in [0.1, 0.15) is 0 Å². The highest BCUT2D eigenvalue weighted by atomic mass is 32.2. The van der Waals surface area contributed by atoms with E-state index in [0.29, 0.717) is 6.04 Å². The number of thioether (sulfide) groups is 1. The molecule has 1 saturated carbocycles. The van der Waals surface area contributed by atoms with Crippen LogP contribution in [0, 0.1) is 0 Å². The first kappa shape index (κ1) is 11.3. The summed E-state index contributed by atoms with van der Waals surface area (Å²) in [5, 5.41) is 13.4. The molecule has 78 valence electrons. The SMILES string of the molecule is CCSC1CCCC1NCC(C)O. The molecule has 0 aromatic heterocycles. The number of aliphatic hydroxyl groups is 1. The van der Waals surface area contributed by atoms with E-state index >= 15 is 0 Å². The lowest BCUT2D eigenvalue weighted by molar-refractivity contribution is 0.186. The maximum absolute atomic E-state index is 9.16. The van der Waals surface area contributed by atoms with Crippen molar-refractivity contribution in [2.75, 3.05) is 12.3 Å². The fraction of sp³-hybridized carbons (Fsp3) is 1.00. The molecule has 1 aliphatic carbocycles. The van der Waals surface area contributed by atoms with E-state index in [-0.39, 0.29) is 6.10 Å². The average Bonchev–Trinajstić information content (AvgIpc) is 2.49. The first-order chi connectivity index (χ1) is 6.24. The number of nitrogens with one attached hydrogen (secondary N) is 1. The number of hydrogen-bond donors (Lipinski definition) is 2. The van der Waals surface area contributed by atoms with Gasteiger partial charge >= 0.3 is 0 Å². The van der Waals surface area contributed by atoms with Crippen molar-refractivity contribution in [1.82, 2.24) is 5.32 Å². The second kappa shape index (κ2) is 5.89. The molecule has 0 heterocycles. The van der Waals surface area contributed by atoms with Crippen molar-refractivity contribution in [1.29, 1.82) is 0 Å². The molecule has 2 nitrogen and oxygen atoms in total. The average molecular weight is 203 g/mol. The number of hydrogen-bond acceptors (Lipinski definition) is 3. The maximum Gasteiger partial charge on any atom is 0.0636 e. The van der Waals surface area contributed by atoms with Gasteiger partial charge in [-0.25, -0.2) is 0 Å². The fourth-order valence-electron chi connectivity index (χ4n) is 1.90. The molecule has 13 heavy (non-hydrogen) atoms. The summed E-state index contributed by atoms with van der Waals surface area (Å²) < 4.78 is 0. The van der Waals surface area contributed by atoms with Crippen molar-refractivity contribution >= 4 is 11.8 Å². The van der Waals surface area contributed by atoms with E-state index in [9.17, 15) is 0 Å². The third-order valence-corrected chi connectivity index (χ3v) is 3.83. The Morgan fingerprint density at radius 3 is 2.92 bits per heavy atom. The molecule has 1 aliphatic rings. The smallest absolute Gasteiger partial charge is 0.0636 e. The van der Waals surface area contributed by atoms with Crippen LogP contribution in [0.1, 0.15) is 33.1 Å². The Balaban J connectivity index is 2.22. The fourth-order valence-corrected chi connectivity index (χ4v) is 3.12. The van der Waals surface area contributed by atoms with Gasteiger partial charge in [-0.3, -0.25) is 0 Å². The van der Waals surface area contributed by atoms with Gasteiger partial charge in [0.05, 0.1) is 6.10 Å². The Bertz CT molecular complexity index is 141. The quantitative estimate of drug-likeness (QED) is 0.712. The summed E-state index contributed by atoms with van der Waals surface area (Å²) in [6.45, 7) is 4.80. The van der Waals surface area contributed by atoms with E-state index < -0.39 is 0 Å². The van der Waals surface area contributed by atoms with Gasteiger partial charge < -0.3 is 10.4 Å². The zero-order valence-electron chi connectivity index (χ0n) is 8.62. The van der Waals surface area contributed by atoms with E-state index in [1.807, 2.05) is 6.92 Å². The minimum atomic E-state index is -0.215. The Kier molecular flexibility index (Phi) is 5.14. The van der Waals surface area contributed by atoms with Gasteiger partial charge in [0.15, 0.2) is 0 Å². The molecule has 0 spiro atoms. The van der Waals surface area contributed by atoms with E-state index in [1.54, 1.807) is 0 Å². The molecule has 1 rings (SSSR count). The lowest BCUT2D eigenvalue weighted by Gasteiger charge is -2.20.